The molecule has 0 radical (unpaired) electrons. The second-order valence-electron chi connectivity index (χ2n) is 7.91. The smallest absolute Gasteiger partial charge is 0.235 e. The van der Waals surface area contributed by atoms with E-state index in [0.717, 1.165) is 12.1 Å². The van der Waals surface area contributed by atoms with Crippen molar-refractivity contribution in [3.63, 3.8) is 0 Å². The van der Waals surface area contributed by atoms with Gasteiger partial charge in [0, 0.05) is 15.7 Å². The molecule has 0 spiro atoms. The highest BCUT2D eigenvalue weighted by Gasteiger charge is 2.23. The molecule has 3 aromatic carbocycles. The number of hydrogen-bond donors (Lipinski definition) is 3. The summed E-state index contributed by atoms with van der Waals surface area (Å²) >= 11 is 1.94. The molecule has 0 amide bonds. The molecular weight excluding hydrogens is 627 g/mol. The van der Waals surface area contributed by atoms with Gasteiger partial charge in [-0.25, -0.2) is 25.6 Å². The Morgan fingerprint density at radius 2 is 1.67 bits per heavy atom. The topological polar surface area (TPSA) is 114 Å². The van der Waals surface area contributed by atoms with Gasteiger partial charge in [0.05, 0.1) is 28.1 Å². The van der Waals surface area contributed by atoms with Gasteiger partial charge in [0.15, 0.2) is 5.75 Å². The molecule has 194 valence electrons. The molecular formula is C23H24F2IN3O5S2. The summed E-state index contributed by atoms with van der Waals surface area (Å²) in [5, 5.41) is 1.89. The predicted molar refractivity (Wildman–Crippen MR) is 146 cm³/mol. The van der Waals surface area contributed by atoms with E-state index in [0.29, 0.717) is 3.57 Å². The average Bonchev–Trinajstić information content (AvgIpc) is 2.77. The molecule has 0 fully saturated rings. The van der Waals surface area contributed by atoms with E-state index in [1.807, 2.05) is 22.6 Å². The molecule has 13 heteroatoms. The number of anilines is 4. The van der Waals surface area contributed by atoms with Crippen molar-refractivity contribution in [3.8, 4) is 11.5 Å². The van der Waals surface area contributed by atoms with Gasteiger partial charge in [-0.1, -0.05) is 6.07 Å². The highest BCUT2D eigenvalue weighted by molar-refractivity contribution is 14.1. The molecule has 3 aromatic rings. The molecule has 0 heterocycles. The third-order valence-electron chi connectivity index (χ3n) is 4.85. The third-order valence-corrected chi connectivity index (χ3v) is 8.56. The first kappa shape index (κ1) is 27.9. The molecule has 0 unspecified atom stereocenters. The fraction of sp³-hybridized carbons (Fsp3) is 0.217. The highest BCUT2D eigenvalue weighted by atomic mass is 127. The summed E-state index contributed by atoms with van der Waals surface area (Å²) in [6, 6.07) is 12.2. The number of benzene rings is 3. The van der Waals surface area contributed by atoms with Crippen molar-refractivity contribution in [3.05, 3.63) is 69.8 Å². The second kappa shape index (κ2) is 11.2. The van der Waals surface area contributed by atoms with Crippen molar-refractivity contribution in [2.24, 2.45) is 0 Å². The van der Waals surface area contributed by atoms with E-state index in [1.54, 1.807) is 6.07 Å². The van der Waals surface area contributed by atoms with Crippen molar-refractivity contribution in [1.29, 1.82) is 0 Å². The first-order valence-corrected chi connectivity index (χ1v) is 14.9. The Labute approximate surface area is 222 Å². The Balaban J connectivity index is 2.09. The van der Waals surface area contributed by atoms with Crippen LogP contribution in [-0.4, -0.2) is 27.8 Å². The van der Waals surface area contributed by atoms with Crippen LogP contribution < -0.4 is 19.5 Å². The molecule has 0 saturated heterocycles. The van der Waals surface area contributed by atoms with E-state index in [1.165, 1.54) is 57.2 Å². The molecule has 8 nitrogen and oxygen atoms in total. The zero-order chi connectivity index (χ0) is 26.7. The zero-order valence-electron chi connectivity index (χ0n) is 19.5. The van der Waals surface area contributed by atoms with Crippen LogP contribution in [0.2, 0.25) is 0 Å². The standard InChI is InChI=1S/C23H24F2IN3O5S2/c1-4-35(30,31)28-17-6-5-7-18(13-17)34-22-11-15(24)10-21(23(22)29-36(32,33)14(2)3)27-20-9-8-16(26)12-19(20)25/h5-14,27-29H,4H2,1-3H3. The molecule has 0 bridgehead atoms. The van der Waals surface area contributed by atoms with Crippen LogP contribution in [0, 0.1) is 15.2 Å². The van der Waals surface area contributed by atoms with Crippen LogP contribution in [0.25, 0.3) is 0 Å². The SMILES string of the molecule is CCS(=O)(=O)Nc1cccc(Oc2cc(F)cc(Nc3ccc(I)cc3F)c2NS(=O)(=O)C(C)C)c1. The molecule has 3 N–H and O–H groups in total. The van der Waals surface area contributed by atoms with Crippen LogP contribution in [0.5, 0.6) is 11.5 Å². The summed E-state index contributed by atoms with van der Waals surface area (Å²) in [6.07, 6.45) is 0. The minimum Gasteiger partial charge on any atom is -0.455 e. The monoisotopic (exact) mass is 651 g/mol. The lowest BCUT2D eigenvalue weighted by molar-refractivity contribution is 0.479. The maximum Gasteiger partial charge on any atom is 0.235 e. The van der Waals surface area contributed by atoms with E-state index in [-0.39, 0.29) is 40.0 Å². The van der Waals surface area contributed by atoms with Gasteiger partial charge in [-0.3, -0.25) is 9.44 Å². The van der Waals surface area contributed by atoms with E-state index in [9.17, 15) is 25.6 Å². The summed E-state index contributed by atoms with van der Waals surface area (Å²) in [4.78, 5) is 0. The van der Waals surface area contributed by atoms with Gasteiger partial charge in [0.25, 0.3) is 0 Å². The molecule has 0 aromatic heterocycles. The first-order chi connectivity index (χ1) is 16.8. The van der Waals surface area contributed by atoms with Crippen molar-refractivity contribution in [2.75, 3.05) is 20.5 Å². The van der Waals surface area contributed by atoms with Gasteiger partial charge in [0.2, 0.25) is 20.0 Å². The van der Waals surface area contributed by atoms with Crippen LogP contribution in [0.15, 0.2) is 54.6 Å². The maximum absolute atomic E-state index is 14.6. The number of nitrogens with one attached hydrogen (secondary N) is 3. The van der Waals surface area contributed by atoms with Crippen LogP contribution >= 0.6 is 22.6 Å². The van der Waals surface area contributed by atoms with Gasteiger partial charge in [-0.2, -0.15) is 0 Å². The Bertz CT molecular complexity index is 1480. The zero-order valence-corrected chi connectivity index (χ0v) is 23.3. The Morgan fingerprint density at radius 3 is 2.31 bits per heavy atom. The van der Waals surface area contributed by atoms with Crippen LogP contribution in [0.3, 0.4) is 0 Å². The maximum atomic E-state index is 14.6. The minimum atomic E-state index is -3.93. The number of rotatable bonds is 10. The summed E-state index contributed by atoms with van der Waals surface area (Å²) in [6.45, 7) is 4.40. The molecule has 36 heavy (non-hydrogen) atoms. The number of ether oxygens (including phenoxy) is 1. The molecule has 0 atom stereocenters. The summed E-state index contributed by atoms with van der Waals surface area (Å²) in [5.74, 6) is -1.67. The van der Waals surface area contributed by atoms with Crippen LogP contribution in [0.4, 0.5) is 31.5 Å². The average molecular weight is 651 g/mol. The lowest BCUT2D eigenvalue weighted by atomic mass is 10.2. The highest BCUT2D eigenvalue weighted by Crippen LogP contribution is 2.40. The van der Waals surface area contributed by atoms with Crippen LogP contribution in [0.1, 0.15) is 20.8 Å². The van der Waals surface area contributed by atoms with E-state index >= 15 is 0 Å². The Hall–Kier alpha value is -2.65. The quantitative estimate of drug-likeness (QED) is 0.231. The van der Waals surface area contributed by atoms with Crippen LogP contribution in [-0.2, 0) is 20.0 Å². The van der Waals surface area contributed by atoms with E-state index < -0.39 is 36.9 Å². The first-order valence-electron chi connectivity index (χ1n) is 10.7. The predicted octanol–water partition coefficient (Wildman–Crippen LogP) is 6.02. The van der Waals surface area contributed by atoms with Gasteiger partial charge >= 0.3 is 0 Å². The van der Waals surface area contributed by atoms with Crippen molar-refractivity contribution in [1.82, 2.24) is 0 Å². The summed E-state index contributed by atoms with van der Waals surface area (Å²) in [5.41, 5.74) is -0.0398. The molecule has 3 rings (SSSR count). The largest absolute Gasteiger partial charge is 0.455 e. The molecule has 0 aliphatic heterocycles. The molecule has 0 aliphatic rings. The van der Waals surface area contributed by atoms with Crippen molar-refractivity contribution in [2.45, 2.75) is 26.0 Å². The van der Waals surface area contributed by atoms with Gasteiger partial charge in [0.1, 0.15) is 23.1 Å². The lowest BCUT2D eigenvalue weighted by Crippen LogP contribution is -2.23. The van der Waals surface area contributed by atoms with Crippen molar-refractivity contribution >= 4 is 65.4 Å². The summed E-state index contributed by atoms with van der Waals surface area (Å²) < 4.78 is 89.6. The summed E-state index contributed by atoms with van der Waals surface area (Å²) in [7, 11) is -7.49. The lowest BCUT2D eigenvalue weighted by Gasteiger charge is -2.20. The normalized spacial score (nSPS) is 11.9. The van der Waals surface area contributed by atoms with Crippen molar-refractivity contribution < 1.29 is 30.4 Å². The number of halogens is 3. The fourth-order valence-electron chi connectivity index (χ4n) is 2.86. The van der Waals surface area contributed by atoms with Gasteiger partial charge < -0.3 is 10.1 Å². The van der Waals surface area contributed by atoms with E-state index in [4.69, 9.17) is 4.74 Å². The fourth-order valence-corrected chi connectivity index (χ4v) is 4.68. The second-order valence-corrected chi connectivity index (χ2v) is 13.4. The molecule has 0 aliphatic carbocycles. The van der Waals surface area contributed by atoms with E-state index in [2.05, 4.69) is 14.8 Å². The van der Waals surface area contributed by atoms with Gasteiger partial charge in [-0.05, 0) is 79.8 Å². The number of hydrogen-bond acceptors (Lipinski definition) is 6. The Morgan fingerprint density at radius 1 is 0.944 bits per heavy atom. The van der Waals surface area contributed by atoms with Gasteiger partial charge in [-0.15, -0.1) is 0 Å². The third kappa shape index (κ3) is 7.20. The Kier molecular flexibility index (Phi) is 8.67. The number of sulfonamides is 2. The molecule has 0 saturated carbocycles. The minimum absolute atomic E-state index is 0.00655.